The van der Waals surface area contributed by atoms with E-state index in [0.717, 1.165) is 23.3 Å². The summed E-state index contributed by atoms with van der Waals surface area (Å²) in [5.74, 6) is -0.734. The predicted molar refractivity (Wildman–Crippen MR) is 101 cm³/mol. The van der Waals surface area contributed by atoms with Crippen molar-refractivity contribution in [2.24, 2.45) is 5.10 Å². The van der Waals surface area contributed by atoms with Crippen LogP contribution in [0.3, 0.4) is 0 Å². The van der Waals surface area contributed by atoms with Crippen molar-refractivity contribution in [3.63, 3.8) is 0 Å². The van der Waals surface area contributed by atoms with Crippen LogP contribution in [0.2, 0.25) is 0 Å². The number of hydrogen-bond acceptors (Lipinski definition) is 4. The van der Waals surface area contributed by atoms with Gasteiger partial charge in [-0.25, -0.2) is 5.43 Å². The fourth-order valence-corrected chi connectivity index (χ4v) is 2.04. The lowest BCUT2D eigenvalue weighted by Crippen LogP contribution is -2.38. The molecule has 2 N–H and O–H groups in total. The van der Waals surface area contributed by atoms with Crippen LogP contribution in [0, 0.1) is 6.92 Å². The number of aryl methyl sites for hydroxylation is 1. The van der Waals surface area contributed by atoms with E-state index in [0.29, 0.717) is 13.2 Å². The Bertz CT molecular complexity index is 753. The van der Waals surface area contributed by atoms with Gasteiger partial charge in [-0.15, -0.1) is 0 Å². The molecule has 0 aliphatic rings. The number of carbonyl (C=O) groups excluding carboxylic acids is 2. The molecule has 0 bridgehead atoms. The third kappa shape index (κ3) is 6.39. The van der Waals surface area contributed by atoms with E-state index < -0.39 is 11.8 Å². The van der Waals surface area contributed by atoms with E-state index in [1.807, 2.05) is 50.2 Å². The van der Waals surface area contributed by atoms with Crippen LogP contribution in [0.4, 0.5) is 0 Å². The Morgan fingerprint density at radius 3 is 2.38 bits per heavy atom. The highest BCUT2D eigenvalue weighted by atomic mass is 16.5. The highest BCUT2D eigenvalue weighted by Gasteiger charge is 2.10. The summed E-state index contributed by atoms with van der Waals surface area (Å²) in [4.78, 5) is 22.9. The van der Waals surface area contributed by atoms with Crippen molar-refractivity contribution in [1.29, 1.82) is 0 Å². The minimum absolute atomic E-state index is 0.458. The molecule has 0 heterocycles. The molecule has 0 spiro atoms. The zero-order chi connectivity index (χ0) is 18.8. The van der Waals surface area contributed by atoms with Crippen molar-refractivity contribution in [2.45, 2.75) is 26.9 Å². The van der Waals surface area contributed by atoms with E-state index in [1.54, 1.807) is 0 Å². The van der Waals surface area contributed by atoms with Gasteiger partial charge in [0.1, 0.15) is 12.4 Å². The Hall–Kier alpha value is -3.15. The van der Waals surface area contributed by atoms with E-state index in [1.165, 1.54) is 11.8 Å². The van der Waals surface area contributed by atoms with Crippen LogP contribution in [0.15, 0.2) is 53.6 Å². The van der Waals surface area contributed by atoms with Crippen LogP contribution in [-0.2, 0) is 16.2 Å². The lowest BCUT2D eigenvalue weighted by molar-refractivity contribution is -0.139. The van der Waals surface area contributed by atoms with Gasteiger partial charge in [-0.2, -0.15) is 5.10 Å². The molecule has 2 aromatic rings. The molecule has 0 fully saturated rings. The Morgan fingerprint density at radius 2 is 1.73 bits per heavy atom. The topological polar surface area (TPSA) is 79.8 Å². The Labute approximate surface area is 153 Å². The number of amides is 2. The van der Waals surface area contributed by atoms with Crippen LogP contribution in [0.25, 0.3) is 0 Å². The van der Waals surface area contributed by atoms with E-state index in [9.17, 15) is 9.59 Å². The maximum Gasteiger partial charge on any atom is 0.329 e. The molecule has 0 radical (unpaired) electrons. The Morgan fingerprint density at radius 1 is 1.04 bits per heavy atom. The van der Waals surface area contributed by atoms with Gasteiger partial charge < -0.3 is 10.1 Å². The maximum absolute atomic E-state index is 11.5. The minimum atomic E-state index is -0.784. The molecule has 136 valence electrons. The van der Waals surface area contributed by atoms with Gasteiger partial charge in [-0.1, -0.05) is 36.8 Å². The average molecular weight is 353 g/mol. The zero-order valence-corrected chi connectivity index (χ0v) is 15.0. The van der Waals surface area contributed by atoms with Gasteiger partial charge >= 0.3 is 11.8 Å². The van der Waals surface area contributed by atoms with Crippen LogP contribution in [0.5, 0.6) is 5.75 Å². The number of nitrogens with one attached hydrogen (secondary N) is 2. The molecule has 2 amide bonds. The van der Waals surface area contributed by atoms with E-state index in [2.05, 4.69) is 28.0 Å². The molecule has 0 aromatic heterocycles. The summed E-state index contributed by atoms with van der Waals surface area (Å²) in [5.41, 5.74) is 5.29. The van der Waals surface area contributed by atoms with Gasteiger partial charge in [0.25, 0.3) is 0 Å². The molecule has 0 saturated carbocycles. The third-order valence-electron chi connectivity index (χ3n) is 3.53. The summed E-state index contributed by atoms with van der Waals surface area (Å²) >= 11 is 0. The first-order chi connectivity index (χ1) is 12.6. The largest absolute Gasteiger partial charge is 0.489 e. The summed E-state index contributed by atoms with van der Waals surface area (Å²) in [6, 6.07) is 15.5. The monoisotopic (exact) mass is 353 g/mol. The molecule has 0 atom stereocenters. The zero-order valence-electron chi connectivity index (χ0n) is 15.0. The smallest absolute Gasteiger partial charge is 0.329 e. The molecule has 0 saturated heterocycles. The number of rotatable bonds is 7. The van der Waals surface area contributed by atoms with Crippen molar-refractivity contribution < 1.29 is 14.3 Å². The maximum atomic E-state index is 11.5. The van der Waals surface area contributed by atoms with Gasteiger partial charge in [-0.05, 0) is 48.7 Å². The molecule has 0 aliphatic carbocycles. The standard InChI is InChI=1S/C20H23N3O3/c1-3-12-21-19(24)20(25)23-22-13-16-8-10-18(11-9-16)26-14-17-6-4-15(2)5-7-17/h4-11,13H,3,12,14H2,1-2H3,(H,21,24)(H,23,25)/b22-13-. The SMILES string of the molecule is CCCNC(=O)C(=O)N/N=C\c1ccc(OCc2ccc(C)cc2)cc1. The van der Waals surface area contributed by atoms with Gasteiger partial charge in [0.05, 0.1) is 6.21 Å². The molecule has 6 heteroatoms. The summed E-state index contributed by atoms with van der Waals surface area (Å²) in [7, 11) is 0. The number of benzene rings is 2. The van der Waals surface area contributed by atoms with Crippen molar-refractivity contribution >= 4 is 18.0 Å². The van der Waals surface area contributed by atoms with Crippen LogP contribution >= 0.6 is 0 Å². The van der Waals surface area contributed by atoms with Crippen molar-refractivity contribution in [1.82, 2.24) is 10.7 Å². The molecule has 6 nitrogen and oxygen atoms in total. The second kappa shape index (κ2) is 9.98. The van der Waals surface area contributed by atoms with Gasteiger partial charge in [0.15, 0.2) is 0 Å². The minimum Gasteiger partial charge on any atom is -0.489 e. The highest BCUT2D eigenvalue weighted by molar-refractivity contribution is 6.35. The van der Waals surface area contributed by atoms with E-state index >= 15 is 0 Å². The number of ether oxygens (including phenoxy) is 1. The molecule has 2 rings (SSSR count). The number of hydrazone groups is 1. The molecular formula is C20H23N3O3. The first kappa shape index (κ1) is 19.2. The molecular weight excluding hydrogens is 330 g/mol. The quantitative estimate of drug-likeness (QED) is 0.456. The summed E-state index contributed by atoms with van der Waals surface area (Å²) in [5, 5.41) is 6.25. The Balaban J connectivity index is 1.80. The number of nitrogens with zero attached hydrogens (tertiary/aromatic N) is 1. The molecule has 0 aliphatic heterocycles. The predicted octanol–water partition coefficient (Wildman–Crippen LogP) is 2.55. The lowest BCUT2D eigenvalue weighted by atomic mass is 10.2. The van der Waals surface area contributed by atoms with E-state index in [-0.39, 0.29) is 0 Å². The molecule has 0 unspecified atom stereocenters. The van der Waals surface area contributed by atoms with E-state index in [4.69, 9.17) is 4.74 Å². The van der Waals surface area contributed by atoms with Crippen molar-refractivity contribution in [2.75, 3.05) is 6.54 Å². The normalized spacial score (nSPS) is 10.5. The third-order valence-corrected chi connectivity index (χ3v) is 3.53. The second-order valence-electron chi connectivity index (χ2n) is 5.80. The molecule has 26 heavy (non-hydrogen) atoms. The highest BCUT2D eigenvalue weighted by Crippen LogP contribution is 2.14. The first-order valence-electron chi connectivity index (χ1n) is 8.48. The van der Waals surface area contributed by atoms with Crippen LogP contribution in [0.1, 0.15) is 30.0 Å². The Kier molecular flexibility index (Phi) is 7.36. The summed E-state index contributed by atoms with van der Waals surface area (Å²) in [6.45, 7) is 4.91. The first-order valence-corrected chi connectivity index (χ1v) is 8.48. The number of hydrogen-bond donors (Lipinski definition) is 2. The second-order valence-corrected chi connectivity index (χ2v) is 5.80. The fraction of sp³-hybridized carbons (Fsp3) is 0.250. The van der Waals surface area contributed by atoms with Gasteiger partial charge in [0.2, 0.25) is 0 Å². The van der Waals surface area contributed by atoms with Crippen LogP contribution < -0.4 is 15.5 Å². The summed E-state index contributed by atoms with van der Waals surface area (Å²) < 4.78 is 5.73. The van der Waals surface area contributed by atoms with Crippen molar-refractivity contribution in [3.05, 3.63) is 65.2 Å². The van der Waals surface area contributed by atoms with Crippen molar-refractivity contribution in [3.8, 4) is 5.75 Å². The number of carbonyl (C=O) groups is 2. The average Bonchev–Trinajstić information content (AvgIpc) is 2.66. The van der Waals surface area contributed by atoms with Crippen LogP contribution in [-0.4, -0.2) is 24.6 Å². The van der Waals surface area contributed by atoms with Gasteiger partial charge in [0, 0.05) is 6.54 Å². The fourth-order valence-electron chi connectivity index (χ4n) is 2.04. The lowest BCUT2D eigenvalue weighted by Gasteiger charge is -2.06. The van der Waals surface area contributed by atoms with Gasteiger partial charge in [-0.3, -0.25) is 9.59 Å². The summed E-state index contributed by atoms with van der Waals surface area (Å²) in [6.07, 6.45) is 2.23. The molecule has 2 aromatic carbocycles.